The quantitative estimate of drug-likeness (QED) is 0.583. The molecule has 0 bridgehead atoms. The van der Waals surface area contributed by atoms with Crippen LogP contribution in [-0.2, 0) is 9.47 Å². The average Bonchev–Trinajstić information content (AvgIpc) is 2.84. The second-order valence-corrected chi connectivity index (χ2v) is 4.94. The van der Waals surface area contributed by atoms with E-state index >= 15 is 0 Å². The van der Waals surface area contributed by atoms with Gasteiger partial charge in [-0.2, -0.15) is 0 Å². The van der Waals surface area contributed by atoms with E-state index in [-0.39, 0.29) is 6.03 Å². The third-order valence-corrected chi connectivity index (χ3v) is 3.47. The molecular formula is C15H23N3O3. The zero-order valence-electron chi connectivity index (χ0n) is 12.5. The van der Waals surface area contributed by atoms with Gasteiger partial charge in [-0.3, -0.25) is 4.90 Å². The summed E-state index contributed by atoms with van der Waals surface area (Å²) in [5, 5.41) is 0. The fourth-order valence-electron chi connectivity index (χ4n) is 2.33. The molecule has 0 radical (unpaired) electrons. The van der Waals surface area contributed by atoms with Gasteiger partial charge >= 0.3 is 6.03 Å². The number of urea groups is 1. The van der Waals surface area contributed by atoms with E-state index in [1.54, 1.807) is 16.9 Å². The van der Waals surface area contributed by atoms with Crippen molar-refractivity contribution in [2.75, 3.05) is 57.2 Å². The van der Waals surface area contributed by atoms with E-state index in [0.29, 0.717) is 45.1 Å². The van der Waals surface area contributed by atoms with Crippen LogP contribution in [-0.4, -0.2) is 57.5 Å². The number of hydrogen-bond acceptors (Lipinski definition) is 4. The van der Waals surface area contributed by atoms with Crippen molar-refractivity contribution >= 4 is 17.4 Å². The SMILES string of the molecule is COCCCOCCN1CCN(c2ccccc2N)C1=O. The fourth-order valence-corrected chi connectivity index (χ4v) is 2.33. The van der Waals surface area contributed by atoms with E-state index in [1.807, 2.05) is 24.3 Å². The van der Waals surface area contributed by atoms with Crippen LogP contribution in [0.3, 0.4) is 0 Å². The van der Waals surface area contributed by atoms with Crippen LogP contribution in [0.4, 0.5) is 16.2 Å². The second kappa shape index (κ2) is 7.85. The molecule has 1 aromatic carbocycles. The smallest absolute Gasteiger partial charge is 0.324 e. The average molecular weight is 293 g/mol. The lowest BCUT2D eigenvalue weighted by Gasteiger charge is -2.19. The molecule has 1 aliphatic rings. The van der Waals surface area contributed by atoms with E-state index in [0.717, 1.165) is 12.1 Å². The number of amides is 2. The number of para-hydroxylation sites is 2. The molecule has 0 aliphatic carbocycles. The molecule has 0 unspecified atom stereocenters. The molecule has 2 amide bonds. The first-order valence-electron chi connectivity index (χ1n) is 7.21. The molecule has 0 spiro atoms. The zero-order valence-corrected chi connectivity index (χ0v) is 12.5. The molecule has 0 atom stereocenters. The highest BCUT2D eigenvalue weighted by Crippen LogP contribution is 2.25. The number of hydrogen-bond donors (Lipinski definition) is 1. The van der Waals surface area contributed by atoms with Crippen LogP contribution in [0, 0.1) is 0 Å². The van der Waals surface area contributed by atoms with Gasteiger partial charge in [0.05, 0.1) is 18.0 Å². The van der Waals surface area contributed by atoms with Crippen LogP contribution < -0.4 is 10.6 Å². The maximum absolute atomic E-state index is 12.3. The number of nitrogen functional groups attached to an aromatic ring is 1. The Hall–Kier alpha value is -1.79. The number of nitrogens with zero attached hydrogens (tertiary/aromatic N) is 2. The first-order valence-corrected chi connectivity index (χ1v) is 7.21. The summed E-state index contributed by atoms with van der Waals surface area (Å²) in [5.74, 6) is 0. The molecule has 2 rings (SSSR count). The minimum atomic E-state index is -0.00612. The Balaban J connectivity index is 1.78. The van der Waals surface area contributed by atoms with Crippen molar-refractivity contribution < 1.29 is 14.3 Å². The van der Waals surface area contributed by atoms with Gasteiger partial charge in [-0.15, -0.1) is 0 Å². The molecule has 21 heavy (non-hydrogen) atoms. The van der Waals surface area contributed by atoms with Crippen LogP contribution in [0.25, 0.3) is 0 Å². The van der Waals surface area contributed by atoms with Gasteiger partial charge in [0.25, 0.3) is 0 Å². The van der Waals surface area contributed by atoms with Gasteiger partial charge in [0.2, 0.25) is 0 Å². The van der Waals surface area contributed by atoms with Crippen LogP contribution in [0.15, 0.2) is 24.3 Å². The van der Waals surface area contributed by atoms with Crippen molar-refractivity contribution in [3.63, 3.8) is 0 Å². The van der Waals surface area contributed by atoms with Gasteiger partial charge in [0.15, 0.2) is 0 Å². The number of ether oxygens (including phenoxy) is 2. The standard InChI is InChI=1S/C15H23N3O3/c1-20-10-4-11-21-12-9-17-7-8-18(15(17)19)14-6-3-2-5-13(14)16/h2-3,5-6H,4,7-12,16H2,1H3. The number of anilines is 2. The Labute approximate surface area is 125 Å². The number of benzene rings is 1. The summed E-state index contributed by atoms with van der Waals surface area (Å²) >= 11 is 0. The Morgan fingerprint density at radius 2 is 2.00 bits per heavy atom. The zero-order chi connectivity index (χ0) is 15.1. The monoisotopic (exact) mass is 293 g/mol. The largest absolute Gasteiger partial charge is 0.397 e. The molecule has 1 fully saturated rings. The molecule has 1 saturated heterocycles. The van der Waals surface area contributed by atoms with Crippen LogP contribution in [0.2, 0.25) is 0 Å². The fraction of sp³-hybridized carbons (Fsp3) is 0.533. The molecule has 1 aromatic rings. The Morgan fingerprint density at radius 1 is 1.19 bits per heavy atom. The molecule has 6 heteroatoms. The minimum Gasteiger partial charge on any atom is -0.397 e. The summed E-state index contributed by atoms with van der Waals surface area (Å²) in [6, 6.07) is 7.43. The van der Waals surface area contributed by atoms with Crippen molar-refractivity contribution in [1.82, 2.24) is 4.90 Å². The van der Waals surface area contributed by atoms with Gasteiger partial charge in [0.1, 0.15) is 0 Å². The number of nitrogens with two attached hydrogens (primary N) is 1. The summed E-state index contributed by atoms with van der Waals surface area (Å²) in [4.78, 5) is 15.9. The van der Waals surface area contributed by atoms with Gasteiger partial charge in [-0.05, 0) is 18.6 Å². The van der Waals surface area contributed by atoms with Gasteiger partial charge < -0.3 is 20.1 Å². The normalized spacial score (nSPS) is 15.0. The van der Waals surface area contributed by atoms with Crippen LogP contribution in [0.1, 0.15) is 6.42 Å². The summed E-state index contributed by atoms with van der Waals surface area (Å²) in [7, 11) is 1.67. The lowest BCUT2D eigenvalue weighted by atomic mass is 10.2. The predicted octanol–water partition coefficient (Wildman–Crippen LogP) is 1.56. The minimum absolute atomic E-state index is 0.00612. The van der Waals surface area contributed by atoms with Gasteiger partial charge in [-0.1, -0.05) is 12.1 Å². The van der Waals surface area contributed by atoms with Crippen molar-refractivity contribution in [3.05, 3.63) is 24.3 Å². The maximum atomic E-state index is 12.3. The first-order chi connectivity index (χ1) is 10.2. The molecule has 6 nitrogen and oxygen atoms in total. The number of methoxy groups -OCH3 is 1. The van der Waals surface area contributed by atoms with Crippen molar-refractivity contribution in [1.29, 1.82) is 0 Å². The molecule has 0 aromatic heterocycles. The molecular weight excluding hydrogens is 270 g/mol. The van der Waals surface area contributed by atoms with E-state index in [4.69, 9.17) is 15.2 Å². The molecule has 2 N–H and O–H groups in total. The van der Waals surface area contributed by atoms with Crippen molar-refractivity contribution in [3.8, 4) is 0 Å². The topological polar surface area (TPSA) is 68.0 Å². The molecule has 0 saturated carbocycles. The van der Waals surface area contributed by atoms with Crippen LogP contribution in [0.5, 0.6) is 0 Å². The Morgan fingerprint density at radius 3 is 2.76 bits per heavy atom. The summed E-state index contributed by atoms with van der Waals surface area (Å²) in [5.41, 5.74) is 7.34. The van der Waals surface area contributed by atoms with Gasteiger partial charge in [-0.25, -0.2) is 4.79 Å². The van der Waals surface area contributed by atoms with E-state index < -0.39 is 0 Å². The highest BCUT2D eigenvalue weighted by molar-refractivity contribution is 5.97. The molecule has 1 heterocycles. The molecule has 116 valence electrons. The van der Waals surface area contributed by atoms with E-state index in [1.165, 1.54) is 0 Å². The number of carbonyl (C=O) groups is 1. The van der Waals surface area contributed by atoms with Crippen molar-refractivity contribution in [2.24, 2.45) is 0 Å². The van der Waals surface area contributed by atoms with Crippen molar-refractivity contribution in [2.45, 2.75) is 6.42 Å². The Kier molecular flexibility index (Phi) is 5.83. The third kappa shape index (κ3) is 4.09. The number of rotatable bonds is 8. The third-order valence-electron chi connectivity index (χ3n) is 3.47. The lowest BCUT2D eigenvalue weighted by Crippen LogP contribution is -2.34. The highest BCUT2D eigenvalue weighted by Gasteiger charge is 2.29. The molecule has 1 aliphatic heterocycles. The summed E-state index contributed by atoms with van der Waals surface area (Å²) < 4.78 is 10.4. The van der Waals surface area contributed by atoms with E-state index in [9.17, 15) is 4.79 Å². The predicted molar refractivity (Wildman–Crippen MR) is 82.5 cm³/mol. The van der Waals surface area contributed by atoms with Crippen LogP contribution >= 0.6 is 0 Å². The Bertz CT molecular complexity index is 467. The summed E-state index contributed by atoms with van der Waals surface area (Å²) in [6.07, 6.45) is 0.872. The van der Waals surface area contributed by atoms with E-state index in [2.05, 4.69) is 0 Å². The highest BCUT2D eigenvalue weighted by atomic mass is 16.5. The first kappa shape index (κ1) is 15.6. The lowest BCUT2D eigenvalue weighted by molar-refractivity contribution is 0.0922. The summed E-state index contributed by atoms with van der Waals surface area (Å²) in [6.45, 7) is 3.88. The maximum Gasteiger partial charge on any atom is 0.324 e. The second-order valence-electron chi connectivity index (χ2n) is 4.94. The number of carbonyl (C=O) groups excluding carboxylic acids is 1. The van der Waals surface area contributed by atoms with Gasteiger partial charge in [0, 0.05) is 40.0 Å².